The molecule has 0 spiro atoms. The van der Waals surface area contributed by atoms with Crippen molar-refractivity contribution in [3.63, 3.8) is 0 Å². The van der Waals surface area contributed by atoms with Gasteiger partial charge in [0.15, 0.2) is 18.2 Å². The summed E-state index contributed by atoms with van der Waals surface area (Å²) in [7, 11) is 0. The van der Waals surface area contributed by atoms with Crippen LogP contribution in [0.5, 0.6) is 5.88 Å². The van der Waals surface area contributed by atoms with E-state index < -0.39 is 42.0 Å². The van der Waals surface area contributed by atoms with Crippen LogP contribution in [0.4, 0.5) is 22.0 Å². The summed E-state index contributed by atoms with van der Waals surface area (Å²) in [6.07, 6.45) is -1.42. The van der Waals surface area contributed by atoms with Crippen molar-refractivity contribution in [3.8, 4) is 5.88 Å². The van der Waals surface area contributed by atoms with Gasteiger partial charge in [0.2, 0.25) is 5.88 Å². The van der Waals surface area contributed by atoms with Crippen LogP contribution in [0.2, 0.25) is 0 Å². The van der Waals surface area contributed by atoms with Crippen LogP contribution >= 0.6 is 0 Å². The highest BCUT2D eigenvalue weighted by Gasteiger charge is 2.20. The number of carbonyl (C=O) groups is 1. The van der Waals surface area contributed by atoms with Crippen molar-refractivity contribution >= 4 is 5.91 Å². The summed E-state index contributed by atoms with van der Waals surface area (Å²) < 4.78 is 68.9. The summed E-state index contributed by atoms with van der Waals surface area (Å²) in [5.41, 5.74) is -0.655. The van der Waals surface area contributed by atoms with Gasteiger partial charge in [-0.15, -0.1) is 0 Å². The summed E-state index contributed by atoms with van der Waals surface area (Å²) in [6.45, 7) is -1.04. The van der Waals surface area contributed by atoms with Crippen molar-refractivity contribution in [1.82, 2.24) is 10.3 Å². The number of carbonyl (C=O) groups excluding carboxylic acids is 1. The maximum atomic E-state index is 13.5. The van der Waals surface area contributed by atoms with Crippen LogP contribution in [0.25, 0.3) is 0 Å². The molecule has 4 nitrogen and oxygen atoms in total. The average molecular weight is 346 g/mol. The van der Waals surface area contributed by atoms with Crippen molar-refractivity contribution < 1.29 is 31.5 Å². The lowest BCUT2D eigenvalue weighted by atomic mass is 10.1. The third-order valence-corrected chi connectivity index (χ3v) is 2.88. The van der Waals surface area contributed by atoms with E-state index in [1.54, 1.807) is 0 Å². The third kappa shape index (κ3) is 4.40. The molecule has 1 heterocycles. The van der Waals surface area contributed by atoms with Crippen molar-refractivity contribution in [2.75, 3.05) is 6.61 Å². The van der Waals surface area contributed by atoms with E-state index in [0.29, 0.717) is 17.7 Å². The molecule has 9 heteroatoms. The maximum absolute atomic E-state index is 13.5. The van der Waals surface area contributed by atoms with Gasteiger partial charge in [-0.1, -0.05) is 0 Å². The molecule has 1 N–H and O–H groups in total. The molecule has 1 aromatic carbocycles. The normalized spacial score (nSPS) is 10.8. The standard InChI is InChI=1S/C15H11F5N2O2/c16-9-1-2-10(17)14(20)13(9)15(23)22-6-8-3-4-21-12(5-8)24-7-11(18)19/h1-5,11H,6-7H2,(H,22,23). The zero-order valence-corrected chi connectivity index (χ0v) is 12.0. The highest BCUT2D eigenvalue weighted by Crippen LogP contribution is 2.16. The Morgan fingerprint density at radius 3 is 2.58 bits per heavy atom. The van der Waals surface area contributed by atoms with E-state index in [4.69, 9.17) is 4.74 Å². The van der Waals surface area contributed by atoms with Gasteiger partial charge in [0.1, 0.15) is 11.4 Å². The molecular weight excluding hydrogens is 335 g/mol. The van der Waals surface area contributed by atoms with Gasteiger partial charge in [0, 0.05) is 18.8 Å². The third-order valence-electron chi connectivity index (χ3n) is 2.88. The van der Waals surface area contributed by atoms with E-state index in [0.717, 1.165) is 0 Å². The van der Waals surface area contributed by atoms with Crippen molar-refractivity contribution in [2.24, 2.45) is 0 Å². The van der Waals surface area contributed by atoms with Crippen LogP contribution in [-0.2, 0) is 6.54 Å². The maximum Gasteiger partial charge on any atom is 0.272 e. The number of pyridine rings is 1. The Kier molecular flexibility index (Phi) is 5.67. The van der Waals surface area contributed by atoms with E-state index >= 15 is 0 Å². The molecule has 0 bridgehead atoms. The molecule has 0 radical (unpaired) electrons. The van der Waals surface area contributed by atoms with Crippen molar-refractivity contribution in [1.29, 1.82) is 0 Å². The number of benzene rings is 1. The Morgan fingerprint density at radius 2 is 1.88 bits per heavy atom. The molecule has 0 unspecified atom stereocenters. The fourth-order valence-electron chi connectivity index (χ4n) is 1.79. The topological polar surface area (TPSA) is 51.2 Å². The zero-order chi connectivity index (χ0) is 17.7. The molecule has 1 aromatic heterocycles. The number of nitrogens with one attached hydrogen (secondary N) is 1. The van der Waals surface area contributed by atoms with Gasteiger partial charge in [-0.05, 0) is 23.8 Å². The molecule has 24 heavy (non-hydrogen) atoms. The predicted molar refractivity (Wildman–Crippen MR) is 73.2 cm³/mol. The molecule has 2 rings (SSSR count). The van der Waals surface area contributed by atoms with Crippen LogP contribution < -0.4 is 10.1 Å². The van der Waals surface area contributed by atoms with E-state index in [-0.39, 0.29) is 12.4 Å². The predicted octanol–water partition coefficient (Wildman–Crippen LogP) is 3.07. The summed E-state index contributed by atoms with van der Waals surface area (Å²) in [6, 6.07) is 3.92. The highest BCUT2D eigenvalue weighted by atomic mass is 19.3. The molecule has 1 amide bonds. The highest BCUT2D eigenvalue weighted by molar-refractivity contribution is 5.94. The Hall–Kier alpha value is -2.71. The minimum absolute atomic E-state index is 0.0924. The first kappa shape index (κ1) is 17.6. The Labute approximate surface area is 133 Å². The summed E-state index contributed by atoms with van der Waals surface area (Å²) in [5, 5.41) is 2.20. The van der Waals surface area contributed by atoms with Gasteiger partial charge >= 0.3 is 0 Å². The smallest absolute Gasteiger partial charge is 0.272 e. The van der Waals surface area contributed by atoms with E-state index in [9.17, 15) is 26.7 Å². The lowest BCUT2D eigenvalue weighted by Crippen LogP contribution is -2.25. The average Bonchev–Trinajstić information content (AvgIpc) is 2.55. The van der Waals surface area contributed by atoms with Crippen molar-refractivity contribution in [2.45, 2.75) is 13.0 Å². The van der Waals surface area contributed by atoms with Gasteiger partial charge in [0.25, 0.3) is 12.3 Å². The number of hydrogen-bond donors (Lipinski definition) is 1. The molecule has 2 aromatic rings. The second-order valence-electron chi connectivity index (χ2n) is 4.61. The number of halogens is 5. The molecule has 0 saturated carbocycles. The first-order valence-electron chi connectivity index (χ1n) is 6.66. The first-order chi connectivity index (χ1) is 11.4. The van der Waals surface area contributed by atoms with Gasteiger partial charge in [-0.25, -0.2) is 26.9 Å². The summed E-state index contributed by atoms with van der Waals surface area (Å²) in [5.74, 6) is -5.40. The Morgan fingerprint density at radius 1 is 1.17 bits per heavy atom. The van der Waals surface area contributed by atoms with Gasteiger partial charge in [0.05, 0.1) is 0 Å². The van der Waals surface area contributed by atoms with Gasteiger partial charge in [-0.3, -0.25) is 4.79 Å². The van der Waals surface area contributed by atoms with Gasteiger partial charge in [-0.2, -0.15) is 0 Å². The molecule has 0 fully saturated rings. The number of ether oxygens (including phenoxy) is 1. The van der Waals surface area contributed by atoms with Crippen LogP contribution in [0, 0.1) is 17.5 Å². The van der Waals surface area contributed by atoms with E-state index in [2.05, 4.69) is 10.3 Å². The van der Waals surface area contributed by atoms with Crippen LogP contribution in [0.15, 0.2) is 30.5 Å². The first-order valence-corrected chi connectivity index (χ1v) is 6.66. The fraction of sp³-hybridized carbons (Fsp3) is 0.200. The van der Waals surface area contributed by atoms with E-state index in [1.807, 2.05) is 0 Å². The number of hydrogen-bond acceptors (Lipinski definition) is 3. The van der Waals surface area contributed by atoms with Crippen LogP contribution in [0.1, 0.15) is 15.9 Å². The molecular formula is C15H11F5N2O2. The molecule has 0 atom stereocenters. The number of aromatic nitrogens is 1. The minimum atomic E-state index is -2.67. The molecule has 0 saturated heterocycles. The monoisotopic (exact) mass is 346 g/mol. The van der Waals surface area contributed by atoms with E-state index in [1.165, 1.54) is 18.3 Å². The van der Waals surface area contributed by atoms with Crippen molar-refractivity contribution in [3.05, 3.63) is 59.0 Å². The minimum Gasteiger partial charge on any atom is -0.472 e. The molecule has 128 valence electrons. The summed E-state index contributed by atoms with van der Waals surface area (Å²) in [4.78, 5) is 15.5. The number of alkyl halides is 2. The number of rotatable bonds is 6. The number of amides is 1. The zero-order valence-electron chi connectivity index (χ0n) is 12.0. The summed E-state index contributed by atoms with van der Waals surface area (Å²) >= 11 is 0. The molecule has 0 aliphatic rings. The Balaban J connectivity index is 2.05. The lowest BCUT2D eigenvalue weighted by Gasteiger charge is -2.09. The molecule has 0 aliphatic carbocycles. The second-order valence-corrected chi connectivity index (χ2v) is 4.61. The molecule has 0 aliphatic heterocycles. The Bertz CT molecular complexity index is 740. The van der Waals surface area contributed by atoms with Gasteiger partial charge < -0.3 is 10.1 Å². The van der Waals surface area contributed by atoms with Crippen LogP contribution in [-0.4, -0.2) is 23.9 Å². The number of nitrogens with zero attached hydrogens (tertiary/aromatic N) is 1. The fourth-order valence-corrected chi connectivity index (χ4v) is 1.79. The SMILES string of the molecule is O=C(NCc1ccnc(OCC(F)F)c1)c1c(F)ccc(F)c1F. The second kappa shape index (κ2) is 7.71. The largest absolute Gasteiger partial charge is 0.472 e. The lowest BCUT2D eigenvalue weighted by molar-refractivity contribution is 0.0795. The quantitative estimate of drug-likeness (QED) is 0.646. The van der Waals surface area contributed by atoms with Crippen LogP contribution in [0.3, 0.4) is 0 Å².